The maximum atomic E-state index is 11.8. The number of hydrogen-bond donors (Lipinski definition) is 1. The van der Waals surface area contributed by atoms with Crippen molar-refractivity contribution in [3.8, 4) is 5.75 Å². The van der Waals surface area contributed by atoms with Crippen molar-refractivity contribution in [2.75, 3.05) is 11.9 Å². The van der Waals surface area contributed by atoms with Crippen LogP contribution in [0.25, 0.3) is 0 Å². The number of carbonyl (C=O) groups excluding carboxylic acids is 1. The molecule has 4 heteroatoms. The Morgan fingerprint density at radius 1 is 1.09 bits per heavy atom. The molecule has 0 spiro atoms. The predicted molar refractivity (Wildman–Crippen MR) is 98.3 cm³/mol. The zero-order valence-corrected chi connectivity index (χ0v) is 14.8. The largest absolute Gasteiger partial charge is 0.494 e. The zero-order chi connectivity index (χ0) is 15.8. The van der Waals surface area contributed by atoms with Gasteiger partial charge in [-0.15, -0.1) is 0 Å². The SMILES string of the molecule is CCc1ccc(OCCCC(=O)Nc2ccc(I)cc2)cc1. The zero-order valence-electron chi connectivity index (χ0n) is 12.6. The minimum absolute atomic E-state index is 0.0196. The van der Waals surface area contributed by atoms with E-state index in [-0.39, 0.29) is 5.91 Å². The van der Waals surface area contributed by atoms with E-state index in [1.807, 2.05) is 36.4 Å². The highest BCUT2D eigenvalue weighted by Gasteiger charge is 2.03. The van der Waals surface area contributed by atoms with Crippen molar-refractivity contribution in [2.45, 2.75) is 26.2 Å². The van der Waals surface area contributed by atoms with Crippen LogP contribution in [0.4, 0.5) is 5.69 Å². The number of halogens is 1. The van der Waals surface area contributed by atoms with Crippen LogP contribution in [0.15, 0.2) is 48.5 Å². The third-order valence-electron chi connectivity index (χ3n) is 3.28. The summed E-state index contributed by atoms with van der Waals surface area (Å²) in [7, 11) is 0. The molecule has 2 aromatic rings. The fraction of sp³-hybridized carbons (Fsp3) is 0.278. The maximum Gasteiger partial charge on any atom is 0.224 e. The van der Waals surface area contributed by atoms with E-state index in [0.717, 1.165) is 21.4 Å². The molecule has 0 saturated carbocycles. The first-order valence-electron chi connectivity index (χ1n) is 7.44. The first-order valence-corrected chi connectivity index (χ1v) is 8.52. The van der Waals surface area contributed by atoms with Crippen molar-refractivity contribution in [3.05, 3.63) is 57.7 Å². The van der Waals surface area contributed by atoms with E-state index in [1.165, 1.54) is 5.56 Å². The van der Waals surface area contributed by atoms with Gasteiger partial charge >= 0.3 is 0 Å². The Labute approximate surface area is 145 Å². The lowest BCUT2D eigenvalue weighted by Crippen LogP contribution is -2.12. The topological polar surface area (TPSA) is 38.3 Å². The standard InChI is InChI=1S/C18H20INO2/c1-2-14-5-11-17(12-6-14)22-13-3-4-18(21)20-16-9-7-15(19)8-10-16/h5-12H,2-4,13H2,1H3,(H,20,21). The van der Waals surface area contributed by atoms with Crippen LogP contribution in [0, 0.1) is 3.57 Å². The van der Waals surface area contributed by atoms with Gasteiger partial charge in [0.05, 0.1) is 6.61 Å². The van der Waals surface area contributed by atoms with E-state index in [2.05, 4.69) is 47.0 Å². The number of nitrogens with one attached hydrogen (secondary N) is 1. The van der Waals surface area contributed by atoms with Gasteiger partial charge in [0.15, 0.2) is 0 Å². The summed E-state index contributed by atoms with van der Waals surface area (Å²) in [6, 6.07) is 15.8. The average Bonchev–Trinajstić information content (AvgIpc) is 2.54. The van der Waals surface area contributed by atoms with Crippen LogP contribution in [0.3, 0.4) is 0 Å². The van der Waals surface area contributed by atoms with Crippen molar-refractivity contribution in [1.29, 1.82) is 0 Å². The van der Waals surface area contributed by atoms with Gasteiger partial charge in [0.25, 0.3) is 0 Å². The van der Waals surface area contributed by atoms with Crippen LogP contribution in [0.1, 0.15) is 25.3 Å². The third-order valence-corrected chi connectivity index (χ3v) is 4.00. The van der Waals surface area contributed by atoms with Crippen LogP contribution in [0.5, 0.6) is 5.75 Å². The third kappa shape index (κ3) is 5.67. The molecule has 0 aliphatic carbocycles. The van der Waals surface area contributed by atoms with E-state index in [9.17, 15) is 4.79 Å². The molecule has 0 bridgehead atoms. The summed E-state index contributed by atoms with van der Waals surface area (Å²) in [6.45, 7) is 2.67. The predicted octanol–water partition coefficient (Wildman–Crippen LogP) is 4.65. The molecular weight excluding hydrogens is 389 g/mol. The van der Waals surface area contributed by atoms with Gasteiger partial charge in [0, 0.05) is 15.7 Å². The lowest BCUT2D eigenvalue weighted by molar-refractivity contribution is -0.116. The second kappa shape index (κ2) is 8.78. The molecule has 0 unspecified atom stereocenters. The Balaban J connectivity index is 1.67. The van der Waals surface area contributed by atoms with Crippen LogP contribution < -0.4 is 10.1 Å². The second-order valence-corrected chi connectivity index (χ2v) is 6.25. The van der Waals surface area contributed by atoms with Gasteiger partial charge in [-0.1, -0.05) is 19.1 Å². The molecular formula is C18H20INO2. The molecule has 3 nitrogen and oxygen atoms in total. The minimum Gasteiger partial charge on any atom is -0.494 e. The molecule has 0 radical (unpaired) electrons. The summed E-state index contributed by atoms with van der Waals surface area (Å²) in [5, 5.41) is 2.89. The summed E-state index contributed by atoms with van der Waals surface area (Å²) in [4.78, 5) is 11.8. The van der Waals surface area contributed by atoms with Crippen molar-refractivity contribution in [1.82, 2.24) is 0 Å². The molecule has 0 aromatic heterocycles. The summed E-state index contributed by atoms with van der Waals surface area (Å²) < 4.78 is 6.79. The summed E-state index contributed by atoms with van der Waals surface area (Å²) >= 11 is 2.24. The van der Waals surface area contributed by atoms with E-state index in [1.54, 1.807) is 0 Å². The highest BCUT2D eigenvalue weighted by Crippen LogP contribution is 2.14. The van der Waals surface area contributed by atoms with Gasteiger partial charge in [0.2, 0.25) is 5.91 Å². The number of amides is 1. The summed E-state index contributed by atoms with van der Waals surface area (Å²) in [5.74, 6) is 0.876. The van der Waals surface area contributed by atoms with Crippen LogP contribution >= 0.6 is 22.6 Å². The second-order valence-electron chi connectivity index (χ2n) is 5.00. The van der Waals surface area contributed by atoms with Crippen molar-refractivity contribution >= 4 is 34.2 Å². The first-order chi connectivity index (χ1) is 10.7. The maximum absolute atomic E-state index is 11.8. The molecule has 0 fully saturated rings. The number of aryl methyl sites for hydroxylation is 1. The Morgan fingerprint density at radius 2 is 1.77 bits per heavy atom. The van der Waals surface area contributed by atoms with Crippen LogP contribution in [-0.4, -0.2) is 12.5 Å². The van der Waals surface area contributed by atoms with Crippen LogP contribution in [-0.2, 0) is 11.2 Å². The Bertz CT molecular complexity index is 593. The fourth-order valence-corrected chi connectivity index (χ4v) is 2.36. The molecule has 0 heterocycles. The van der Waals surface area contributed by atoms with Gasteiger partial charge in [-0.3, -0.25) is 4.79 Å². The molecule has 1 N–H and O–H groups in total. The Morgan fingerprint density at radius 3 is 2.41 bits per heavy atom. The fourth-order valence-electron chi connectivity index (χ4n) is 2.00. The number of ether oxygens (including phenoxy) is 1. The van der Waals surface area contributed by atoms with Gasteiger partial charge in [0.1, 0.15) is 5.75 Å². The minimum atomic E-state index is 0.0196. The highest BCUT2D eigenvalue weighted by molar-refractivity contribution is 14.1. The molecule has 2 rings (SSSR count). The molecule has 0 saturated heterocycles. The Kier molecular flexibility index (Phi) is 6.71. The molecule has 22 heavy (non-hydrogen) atoms. The van der Waals surface area contributed by atoms with Gasteiger partial charge < -0.3 is 10.1 Å². The molecule has 0 aliphatic rings. The van der Waals surface area contributed by atoms with Crippen LogP contribution in [0.2, 0.25) is 0 Å². The lowest BCUT2D eigenvalue weighted by atomic mass is 10.2. The summed E-state index contributed by atoms with van der Waals surface area (Å²) in [6.07, 6.45) is 2.18. The van der Waals surface area contributed by atoms with E-state index in [4.69, 9.17) is 4.74 Å². The van der Waals surface area contributed by atoms with E-state index < -0.39 is 0 Å². The van der Waals surface area contributed by atoms with Gasteiger partial charge in [-0.05, 0) is 77.4 Å². The number of anilines is 1. The molecule has 116 valence electrons. The number of benzene rings is 2. The summed E-state index contributed by atoms with van der Waals surface area (Å²) in [5.41, 5.74) is 2.13. The average molecular weight is 409 g/mol. The monoisotopic (exact) mass is 409 g/mol. The normalized spacial score (nSPS) is 10.3. The smallest absolute Gasteiger partial charge is 0.224 e. The van der Waals surface area contributed by atoms with E-state index >= 15 is 0 Å². The molecule has 0 atom stereocenters. The van der Waals surface area contributed by atoms with Gasteiger partial charge in [-0.2, -0.15) is 0 Å². The number of carbonyl (C=O) groups is 1. The molecule has 0 aliphatic heterocycles. The quantitative estimate of drug-likeness (QED) is 0.534. The molecule has 1 amide bonds. The first kappa shape index (κ1) is 16.8. The highest BCUT2D eigenvalue weighted by atomic mass is 127. The number of rotatable bonds is 7. The van der Waals surface area contributed by atoms with Gasteiger partial charge in [-0.25, -0.2) is 0 Å². The Hall–Kier alpha value is -1.56. The van der Waals surface area contributed by atoms with E-state index in [0.29, 0.717) is 19.4 Å². The number of hydrogen-bond acceptors (Lipinski definition) is 2. The lowest BCUT2D eigenvalue weighted by Gasteiger charge is -2.08. The van der Waals surface area contributed by atoms with Crippen molar-refractivity contribution in [2.24, 2.45) is 0 Å². The van der Waals surface area contributed by atoms with Crippen molar-refractivity contribution < 1.29 is 9.53 Å². The van der Waals surface area contributed by atoms with Crippen molar-refractivity contribution in [3.63, 3.8) is 0 Å². The molecule has 2 aromatic carbocycles.